The summed E-state index contributed by atoms with van der Waals surface area (Å²) in [6, 6.07) is 7.34. The van der Waals surface area contributed by atoms with Crippen LogP contribution in [0.4, 0.5) is 13.2 Å². The molecule has 0 fully saturated rings. The molecule has 0 spiro atoms. The molecule has 0 aliphatic heterocycles. The molecule has 22 heavy (non-hydrogen) atoms. The zero-order valence-corrected chi connectivity index (χ0v) is 12.7. The molecule has 0 unspecified atom stereocenters. The second-order valence-corrected chi connectivity index (χ2v) is 5.67. The van der Waals surface area contributed by atoms with Gasteiger partial charge >= 0.3 is 12.1 Å². The fourth-order valence-corrected chi connectivity index (χ4v) is 2.63. The highest BCUT2D eigenvalue weighted by atomic mass is 35.5. The van der Waals surface area contributed by atoms with Gasteiger partial charge in [-0.2, -0.15) is 13.2 Å². The minimum Gasteiger partial charge on any atom is -0.464 e. The van der Waals surface area contributed by atoms with Gasteiger partial charge < -0.3 is 4.74 Å². The van der Waals surface area contributed by atoms with Gasteiger partial charge in [-0.1, -0.05) is 23.4 Å². The third-order valence-electron chi connectivity index (χ3n) is 2.60. The first-order valence-corrected chi connectivity index (χ1v) is 7.09. The number of rotatable bonds is 3. The Balaban J connectivity index is 2.44. The summed E-state index contributed by atoms with van der Waals surface area (Å²) in [5.74, 6) is -0.801. The summed E-state index contributed by atoms with van der Waals surface area (Å²) in [4.78, 5) is 15.9. The minimum absolute atomic E-state index is 0.0593. The summed E-state index contributed by atoms with van der Waals surface area (Å²) in [6.07, 6.45) is -3.94. The predicted molar refractivity (Wildman–Crippen MR) is 76.2 cm³/mol. The van der Waals surface area contributed by atoms with Crippen molar-refractivity contribution in [1.82, 2.24) is 4.98 Å². The zero-order chi connectivity index (χ0) is 16.3. The second kappa shape index (κ2) is 6.58. The van der Waals surface area contributed by atoms with Gasteiger partial charge in [-0.3, -0.25) is 0 Å². The average Bonchev–Trinajstić information content (AvgIpc) is 2.48. The number of esters is 1. The number of aromatic nitrogens is 1. The van der Waals surface area contributed by atoms with E-state index in [1.54, 1.807) is 24.3 Å². The number of carbonyl (C=O) groups is 1. The van der Waals surface area contributed by atoms with E-state index >= 15 is 0 Å². The van der Waals surface area contributed by atoms with Gasteiger partial charge in [-0.05, 0) is 30.3 Å². The molecule has 116 valence electrons. The normalized spacial score (nSPS) is 11.3. The highest BCUT2D eigenvalue weighted by Gasteiger charge is 2.32. The molecule has 8 heteroatoms. The Kier molecular flexibility index (Phi) is 4.97. The van der Waals surface area contributed by atoms with E-state index in [0.29, 0.717) is 16.1 Å². The van der Waals surface area contributed by atoms with E-state index < -0.39 is 17.7 Å². The van der Waals surface area contributed by atoms with Crippen LogP contribution in [0.2, 0.25) is 5.02 Å². The lowest BCUT2D eigenvalue weighted by Gasteiger charge is -2.11. The fourth-order valence-electron chi connectivity index (χ4n) is 1.56. The van der Waals surface area contributed by atoms with Gasteiger partial charge in [0.15, 0.2) is 5.69 Å². The summed E-state index contributed by atoms with van der Waals surface area (Å²) >= 11 is 6.73. The van der Waals surface area contributed by atoms with Crippen molar-refractivity contribution < 1.29 is 22.7 Å². The van der Waals surface area contributed by atoms with Crippen molar-refractivity contribution in [2.24, 2.45) is 0 Å². The third kappa shape index (κ3) is 3.92. The number of ether oxygens (including phenoxy) is 1. The number of hydrogen-bond acceptors (Lipinski definition) is 4. The van der Waals surface area contributed by atoms with E-state index in [1.807, 2.05) is 0 Å². The summed E-state index contributed by atoms with van der Waals surface area (Å²) < 4.78 is 42.9. The van der Waals surface area contributed by atoms with Crippen LogP contribution in [-0.4, -0.2) is 18.1 Å². The number of benzene rings is 1. The first kappa shape index (κ1) is 16.6. The molecule has 0 bridgehead atoms. The highest BCUT2D eigenvalue weighted by molar-refractivity contribution is 7.99. The highest BCUT2D eigenvalue weighted by Crippen LogP contribution is 2.36. The average molecular weight is 348 g/mol. The number of nitrogens with zero attached hydrogens (tertiary/aromatic N) is 1. The van der Waals surface area contributed by atoms with Crippen LogP contribution in [-0.2, 0) is 10.9 Å². The van der Waals surface area contributed by atoms with Crippen LogP contribution in [0, 0.1) is 0 Å². The van der Waals surface area contributed by atoms with Gasteiger partial charge in [0.2, 0.25) is 0 Å². The molecule has 0 amide bonds. The molecule has 1 heterocycles. The maximum atomic E-state index is 12.8. The van der Waals surface area contributed by atoms with Gasteiger partial charge in [-0.15, -0.1) is 0 Å². The van der Waals surface area contributed by atoms with E-state index in [0.717, 1.165) is 24.9 Å². The number of methoxy groups -OCH3 is 1. The van der Waals surface area contributed by atoms with Crippen molar-refractivity contribution in [2.75, 3.05) is 7.11 Å². The van der Waals surface area contributed by atoms with Gasteiger partial charge in [0.25, 0.3) is 0 Å². The number of pyridine rings is 1. The van der Waals surface area contributed by atoms with Crippen LogP contribution in [0.25, 0.3) is 0 Å². The Labute approximate surface area is 133 Å². The molecule has 0 atom stereocenters. The Hall–Kier alpha value is -1.73. The Morgan fingerprint density at radius 3 is 2.45 bits per heavy atom. The summed E-state index contributed by atoms with van der Waals surface area (Å²) in [7, 11) is 1.14. The number of halogens is 4. The molecule has 0 aliphatic rings. The molecule has 0 saturated carbocycles. The van der Waals surface area contributed by atoms with Gasteiger partial charge in [0, 0.05) is 21.0 Å². The van der Waals surface area contributed by atoms with Crippen LogP contribution in [0.1, 0.15) is 16.1 Å². The molecule has 2 aromatic rings. The second-order valence-electron chi connectivity index (χ2n) is 4.12. The predicted octanol–water partition coefficient (Wildman–Crippen LogP) is 4.69. The lowest BCUT2D eigenvalue weighted by atomic mass is 10.2. The molecule has 0 aliphatic carbocycles. The summed E-state index contributed by atoms with van der Waals surface area (Å²) in [5, 5.41) is 0.500. The molecular formula is C14H9ClF3NO2S. The Morgan fingerprint density at radius 2 is 1.91 bits per heavy atom. The van der Waals surface area contributed by atoms with Crippen molar-refractivity contribution >= 4 is 29.3 Å². The Bertz CT molecular complexity index is 689. The van der Waals surface area contributed by atoms with Crippen molar-refractivity contribution in [3.63, 3.8) is 0 Å². The number of alkyl halides is 3. The fraction of sp³-hybridized carbons (Fsp3) is 0.143. The molecule has 1 aromatic carbocycles. The van der Waals surface area contributed by atoms with Crippen molar-refractivity contribution in [3.05, 3.63) is 52.8 Å². The van der Waals surface area contributed by atoms with E-state index in [4.69, 9.17) is 11.6 Å². The van der Waals surface area contributed by atoms with Crippen LogP contribution in [0.5, 0.6) is 0 Å². The smallest absolute Gasteiger partial charge is 0.417 e. The maximum absolute atomic E-state index is 12.8. The van der Waals surface area contributed by atoms with Gasteiger partial charge in [-0.25, -0.2) is 9.78 Å². The van der Waals surface area contributed by atoms with Crippen LogP contribution in [0.3, 0.4) is 0 Å². The maximum Gasteiger partial charge on any atom is 0.417 e. The zero-order valence-electron chi connectivity index (χ0n) is 11.1. The Morgan fingerprint density at radius 1 is 1.27 bits per heavy atom. The quantitative estimate of drug-likeness (QED) is 0.755. The van der Waals surface area contributed by atoms with Crippen LogP contribution >= 0.6 is 23.4 Å². The molecular weight excluding hydrogens is 339 g/mol. The topological polar surface area (TPSA) is 39.2 Å². The molecule has 2 rings (SSSR count). The SMILES string of the molecule is COC(=O)c1ncc(C(F)(F)F)cc1Sc1ccc(Cl)cc1. The van der Waals surface area contributed by atoms with Crippen molar-refractivity contribution in [3.8, 4) is 0 Å². The van der Waals surface area contributed by atoms with E-state index in [9.17, 15) is 18.0 Å². The van der Waals surface area contributed by atoms with Crippen LogP contribution < -0.4 is 0 Å². The first-order chi connectivity index (χ1) is 10.3. The standard InChI is InChI=1S/C14H9ClF3NO2S/c1-21-13(20)12-11(6-8(7-19-12)14(16,17)18)22-10-4-2-9(15)3-5-10/h2-7H,1H3. The van der Waals surface area contributed by atoms with Crippen molar-refractivity contribution in [1.29, 1.82) is 0 Å². The molecule has 0 N–H and O–H groups in total. The van der Waals surface area contributed by atoms with Crippen LogP contribution in [0.15, 0.2) is 46.3 Å². The number of hydrogen-bond donors (Lipinski definition) is 0. The largest absolute Gasteiger partial charge is 0.464 e. The summed E-state index contributed by atoms with van der Waals surface area (Å²) in [6.45, 7) is 0. The molecule has 0 saturated heterocycles. The van der Waals surface area contributed by atoms with E-state index in [1.165, 1.54) is 0 Å². The van der Waals surface area contributed by atoms with E-state index in [-0.39, 0.29) is 10.6 Å². The third-order valence-corrected chi connectivity index (χ3v) is 3.89. The van der Waals surface area contributed by atoms with E-state index in [2.05, 4.69) is 9.72 Å². The molecule has 1 aromatic heterocycles. The van der Waals surface area contributed by atoms with Crippen molar-refractivity contribution in [2.45, 2.75) is 16.0 Å². The molecule has 3 nitrogen and oxygen atoms in total. The monoisotopic (exact) mass is 347 g/mol. The first-order valence-electron chi connectivity index (χ1n) is 5.90. The number of carbonyl (C=O) groups excluding carboxylic acids is 1. The lowest BCUT2D eigenvalue weighted by molar-refractivity contribution is -0.138. The molecule has 0 radical (unpaired) electrons. The van der Waals surface area contributed by atoms with Gasteiger partial charge in [0.05, 0.1) is 12.7 Å². The lowest BCUT2D eigenvalue weighted by Crippen LogP contribution is -2.11. The van der Waals surface area contributed by atoms with Gasteiger partial charge in [0.1, 0.15) is 0 Å². The minimum atomic E-state index is -4.54. The summed E-state index contributed by atoms with van der Waals surface area (Å²) in [5.41, 5.74) is -1.10.